The van der Waals surface area contributed by atoms with E-state index in [4.69, 9.17) is 10.7 Å². The summed E-state index contributed by atoms with van der Waals surface area (Å²) in [6, 6.07) is 0. The third-order valence-corrected chi connectivity index (χ3v) is 2.50. The van der Waals surface area contributed by atoms with Crippen LogP contribution in [0, 0.1) is 0 Å². The first-order valence-electron chi connectivity index (χ1n) is 2.11. The largest absolute Gasteiger partial charge is 0.598 e. The first-order valence-corrected chi connectivity index (χ1v) is 4.15. The zero-order chi connectivity index (χ0) is 5.28. The van der Waals surface area contributed by atoms with Crippen molar-refractivity contribution in [3.05, 3.63) is 0 Å². The van der Waals surface area contributed by atoms with Crippen molar-refractivity contribution in [2.75, 3.05) is 6.54 Å². The second-order valence-corrected chi connectivity index (χ2v) is 3.46. The van der Waals surface area contributed by atoms with Crippen molar-refractivity contribution < 1.29 is 4.55 Å². The molecule has 1 rings (SSSR count). The number of halogens is 1. The van der Waals surface area contributed by atoms with Crippen LogP contribution in [0.1, 0.15) is 6.42 Å². The molecule has 0 radical (unpaired) electrons. The highest BCUT2D eigenvalue weighted by Crippen LogP contribution is 2.13. The minimum Gasteiger partial charge on any atom is -0.598 e. The van der Waals surface area contributed by atoms with Crippen molar-refractivity contribution in [3.63, 3.8) is 0 Å². The molecule has 1 N–H and O–H groups in total. The van der Waals surface area contributed by atoms with Crippen LogP contribution >= 0.6 is 10.7 Å². The molecule has 7 heavy (non-hydrogen) atoms. The van der Waals surface area contributed by atoms with Gasteiger partial charge in [0.25, 0.3) is 0 Å². The third kappa shape index (κ3) is 1.22. The topological polar surface area (TPSA) is 35.1 Å². The molecule has 4 heteroatoms. The van der Waals surface area contributed by atoms with Gasteiger partial charge in [0.2, 0.25) is 0 Å². The number of hydrogen-bond donors (Lipinski definition) is 1. The van der Waals surface area contributed by atoms with Crippen LogP contribution < -0.4 is 5.32 Å². The van der Waals surface area contributed by atoms with E-state index in [1.165, 1.54) is 0 Å². The van der Waals surface area contributed by atoms with Gasteiger partial charge in [-0.2, -0.15) is 0 Å². The molecule has 1 aliphatic rings. The van der Waals surface area contributed by atoms with Crippen LogP contribution in [0.2, 0.25) is 0 Å². The van der Waals surface area contributed by atoms with Crippen LogP contribution in [0.25, 0.3) is 0 Å². The first-order chi connectivity index (χ1) is 3.30. The van der Waals surface area contributed by atoms with E-state index in [9.17, 15) is 4.55 Å². The zero-order valence-corrected chi connectivity index (χ0v) is 5.26. The summed E-state index contributed by atoms with van der Waals surface area (Å²) in [5.74, 6) is 0. The minimum absolute atomic E-state index is 0.0710. The zero-order valence-electron chi connectivity index (χ0n) is 3.69. The molecule has 1 fully saturated rings. The van der Waals surface area contributed by atoms with Crippen LogP contribution in [0.5, 0.6) is 0 Å². The molecule has 0 aromatic carbocycles. The molecule has 1 saturated heterocycles. The lowest BCUT2D eigenvalue weighted by molar-refractivity contribution is 0.455. The van der Waals surface area contributed by atoms with E-state index < -0.39 is 10.4 Å². The van der Waals surface area contributed by atoms with E-state index in [2.05, 4.69) is 5.32 Å². The Morgan fingerprint density at radius 3 is 2.43 bits per heavy atom. The summed E-state index contributed by atoms with van der Waals surface area (Å²) in [6.45, 7) is 0.961. The summed E-state index contributed by atoms with van der Waals surface area (Å²) in [5.41, 5.74) is 0. The monoisotopic (exact) mass is 139 g/mol. The molecule has 0 aliphatic carbocycles. The second kappa shape index (κ2) is 2.22. The van der Waals surface area contributed by atoms with Gasteiger partial charge in [-0.3, -0.25) is 5.32 Å². The normalized spacial score (nSPS) is 34.3. The fourth-order valence-electron chi connectivity index (χ4n) is 0.420. The highest BCUT2D eigenvalue weighted by molar-refractivity contribution is 8.14. The maximum absolute atomic E-state index is 10.2. The molecule has 0 spiro atoms. The van der Waals surface area contributed by atoms with Gasteiger partial charge in [-0.05, 0) is 0 Å². The van der Waals surface area contributed by atoms with Gasteiger partial charge in [0.05, 0.1) is 10.4 Å². The third-order valence-electron chi connectivity index (χ3n) is 1.00. The van der Waals surface area contributed by atoms with Crippen molar-refractivity contribution >= 4 is 21.1 Å². The highest BCUT2D eigenvalue weighted by atomic mass is 35.7. The molecule has 1 heterocycles. The molecule has 2 unspecified atom stereocenters. The Bertz CT molecular complexity index is 66.0. The van der Waals surface area contributed by atoms with E-state index in [0.717, 1.165) is 13.0 Å². The Morgan fingerprint density at radius 2 is 2.43 bits per heavy atom. The molecule has 2 nitrogen and oxygen atoms in total. The van der Waals surface area contributed by atoms with Crippen molar-refractivity contribution in [1.82, 2.24) is 5.32 Å². The Hall–Kier alpha value is 0.560. The Labute approximate surface area is 49.9 Å². The van der Waals surface area contributed by atoms with Crippen LogP contribution in [0.4, 0.5) is 0 Å². The van der Waals surface area contributed by atoms with E-state index in [1.54, 1.807) is 0 Å². The molecule has 42 valence electrons. The van der Waals surface area contributed by atoms with Crippen molar-refractivity contribution in [2.45, 2.75) is 11.8 Å². The van der Waals surface area contributed by atoms with E-state index in [0.29, 0.717) is 0 Å². The van der Waals surface area contributed by atoms with Gasteiger partial charge >= 0.3 is 0 Å². The number of hydrogen-bond acceptors (Lipinski definition) is 2. The van der Waals surface area contributed by atoms with Gasteiger partial charge in [-0.15, -0.1) is 0 Å². The lowest BCUT2D eigenvalue weighted by atomic mass is 10.3. The van der Waals surface area contributed by atoms with Gasteiger partial charge in [0, 0.05) is 13.0 Å². The molecular weight excluding hydrogens is 134 g/mol. The molecule has 0 bridgehead atoms. The lowest BCUT2D eigenvalue weighted by Gasteiger charge is -2.24. The maximum Gasteiger partial charge on any atom is 0.187 e. The Kier molecular flexibility index (Phi) is 1.80. The summed E-state index contributed by atoms with van der Waals surface area (Å²) in [5, 5.41) is 2.98. The van der Waals surface area contributed by atoms with E-state index in [1.807, 2.05) is 0 Å². The SMILES string of the molecule is [O-][S+](Cl)C1CCN1. The summed E-state index contributed by atoms with van der Waals surface area (Å²) in [4.78, 5) is 0. The molecule has 0 amide bonds. The number of nitrogens with one attached hydrogen (secondary N) is 1. The summed E-state index contributed by atoms with van der Waals surface area (Å²) in [6.07, 6.45) is 0.954. The first kappa shape index (κ1) is 5.69. The smallest absolute Gasteiger partial charge is 0.187 e. The molecule has 1 aliphatic heterocycles. The molecule has 0 saturated carbocycles. The predicted molar refractivity (Wildman–Crippen MR) is 30.4 cm³/mol. The minimum atomic E-state index is -1.16. The Balaban J connectivity index is 2.14. The van der Waals surface area contributed by atoms with Crippen LogP contribution in [0.3, 0.4) is 0 Å². The summed E-state index contributed by atoms with van der Waals surface area (Å²) >= 11 is 0. The van der Waals surface area contributed by atoms with Gasteiger partial charge in [-0.25, -0.2) is 0 Å². The fraction of sp³-hybridized carbons (Fsp3) is 1.00. The van der Waals surface area contributed by atoms with E-state index >= 15 is 0 Å². The van der Waals surface area contributed by atoms with Crippen LogP contribution in [-0.2, 0) is 10.4 Å². The van der Waals surface area contributed by atoms with Gasteiger partial charge < -0.3 is 4.55 Å². The van der Waals surface area contributed by atoms with Gasteiger partial charge in [0.15, 0.2) is 16.1 Å². The summed E-state index contributed by atoms with van der Waals surface area (Å²) < 4.78 is 10.2. The average molecular weight is 140 g/mol. The second-order valence-electron chi connectivity index (χ2n) is 1.48. The standard InChI is InChI=1S/C3H6ClNOS/c4-7(6)3-1-2-5-3/h3,5H,1-2H2. The van der Waals surface area contributed by atoms with Gasteiger partial charge in [-0.1, -0.05) is 0 Å². The van der Waals surface area contributed by atoms with Gasteiger partial charge in [0.1, 0.15) is 0 Å². The quantitative estimate of drug-likeness (QED) is 0.527. The summed E-state index contributed by atoms with van der Waals surface area (Å²) in [7, 11) is 4.03. The van der Waals surface area contributed by atoms with Crippen molar-refractivity contribution in [3.8, 4) is 0 Å². The average Bonchev–Trinajstić information content (AvgIpc) is 1.23. The fourth-order valence-corrected chi connectivity index (χ4v) is 1.43. The van der Waals surface area contributed by atoms with Crippen LogP contribution in [0.15, 0.2) is 0 Å². The Morgan fingerprint density at radius 1 is 1.86 bits per heavy atom. The van der Waals surface area contributed by atoms with E-state index in [-0.39, 0.29) is 5.37 Å². The maximum atomic E-state index is 10.2. The van der Waals surface area contributed by atoms with Crippen molar-refractivity contribution in [2.24, 2.45) is 0 Å². The number of rotatable bonds is 1. The highest BCUT2D eigenvalue weighted by Gasteiger charge is 2.27. The predicted octanol–water partition coefficient (Wildman–Crippen LogP) is 0.208. The van der Waals surface area contributed by atoms with Crippen molar-refractivity contribution in [1.29, 1.82) is 0 Å². The molecular formula is C3H6ClNOS. The van der Waals surface area contributed by atoms with Crippen LogP contribution in [-0.4, -0.2) is 16.5 Å². The molecule has 2 atom stereocenters. The molecule has 0 aromatic heterocycles. The molecule has 0 aromatic rings. The lowest BCUT2D eigenvalue weighted by Crippen LogP contribution is -2.46.